The maximum Gasteiger partial charge on any atom is 0.276 e. The molecule has 1 fully saturated rings. The third kappa shape index (κ3) is 4.31. The minimum Gasteiger partial charge on any atom is -0.447 e. The third-order valence-corrected chi connectivity index (χ3v) is 5.60. The van der Waals surface area contributed by atoms with Crippen molar-refractivity contribution in [3.63, 3.8) is 0 Å². The predicted octanol–water partition coefficient (Wildman–Crippen LogP) is 2.45. The lowest BCUT2D eigenvalue weighted by Gasteiger charge is -2.28. The Morgan fingerprint density at radius 2 is 2.00 bits per heavy atom. The lowest BCUT2D eigenvalue weighted by atomic mass is 10.0. The molecule has 120 valence electrons. The van der Waals surface area contributed by atoms with Crippen molar-refractivity contribution in [1.82, 2.24) is 9.62 Å². The normalized spacial score (nSPS) is 18.5. The van der Waals surface area contributed by atoms with Gasteiger partial charge in [-0.25, -0.2) is 8.42 Å². The number of hydrogen-bond acceptors (Lipinski definition) is 4. The molecule has 0 aromatic carbocycles. The molecule has 0 aliphatic carbocycles. The number of piperidine rings is 1. The summed E-state index contributed by atoms with van der Waals surface area (Å²) in [6, 6.07) is 3.31. The SMILES string of the molecule is CC(C)CNCc1ccc(S(=O)(=O)N2CCC(C)CC2)o1. The number of rotatable bonds is 6. The van der Waals surface area contributed by atoms with Crippen molar-refractivity contribution in [3.8, 4) is 0 Å². The molecule has 1 aliphatic heterocycles. The molecule has 0 spiro atoms. The highest BCUT2D eigenvalue weighted by Gasteiger charge is 2.30. The van der Waals surface area contributed by atoms with Gasteiger partial charge in [0, 0.05) is 13.1 Å². The Morgan fingerprint density at radius 3 is 2.62 bits per heavy atom. The highest BCUT2D eigenvalue weighted by atomic mass is 32.2. The molecule has 6 heteroatoms. The highest BCUT2D eigenvalue weighted by Crippen LogP contribution is 2.24. The van der Waals surface area contributed by atoms with E-state index in [1.54, 1.807) is 12.1 Å². The summed E-state index contributed by atoms with van der Waals surface area (Å²) in [5.41, 5.74) is 0. The van der Waals surface area contributed by atoms with Gasteiger partial charge in [-0.1, -0.05) is 20.8 Å². The zero-order chi connectivity index (χ0) is 15.5. The average Bonchev–Trinajstić information content (AvgIpc) is 2.88. The van der Waals surface area contributed by atoms with Crippen LogP contribution in [0.25, 0.3) is 0 Å². The lowest BCUT2D eigenvalue weighted by Crippen LogP contribution is -2.37. The molecule has 0 radical (unpaired) electrons. The molecular weight excluding hydrogens is 288 g/mol. The van der Waals surface area contributed by atoms with Gasteiger partial charge in [-0.3, -0.25) is 0 Å². The second kappa shape index (κ2) is 6.94. The number of furan rings is 1. The minimum absolute atomic E-state index is 0.0680. The van der Waals surface area contributed by atoms with Crippen molar-refractivity contribution in [2.24, 2.45) is 11.8 Å². The summed E-state index contributed by atoms with van der Waals surface area (Å²) in [5, 5.41) is 3.32. The van der Waals surface area contributed by atoms with Gasteiger partial charge < -0.3 is 9.73 Å². The van der Waals surface area contributed by atoms with Crippen LogP contribution in [0.2, 0.25) is 0 Å². The van der Waals surface area contributed by atoms with E-state index in [0.29, 0.717) is 37.2 Å². The van der Waals surface area contributed by atoms with Crippen LogP contribution in [0.15, 0.2) is 21.6 Å². The van der Waals surface area contributed by atoms with Gasteiger partial charge in [-0.05, 0) is 43.4 Å². The Labute approximate surface area is 127 Å². The van der Waals surface area contributed by atoms with Crippen molar-refractivity contribution in [1.29, 1.82) is 0 Å². The molecule has 0 saturated carbocycles. The smallest absolute Gasteiger partial charge is 0.276 e. The number of nitrogens with zero attached hydrogens (tertiary/aromatic N) is 1. The first kappa shape index (κ1) is 16.5. The Morgan fingerprint density at radius 1 is 1.33 bits per heavy atom. The zero-order valence-electron chi connectivity index (χ0n) is 13.1. The first-order chi connectivity index (χ1) is 9.89. The van der Waals surface area contributed by atoms with Crippen molar-refractivity contribution in [3.05, 3.63) is 17.9 Å². The topological polar surface area (TPSA) is 62.6 Å². The van der Waals surface area contributed by atoms with Crippen LogP contribution in [0.4, 0.5) is 0 Å². The van der Waals surface area contributed by atoms with Gasteiger partial charge in [0.2, 0.25) is 5.09 Å². The van der Waals surface area contributed by atoms with Gasteiger partial charge in [-0.2, -0.15) is 4.31 Å². The molecule has 1 aromatic rings. The van der Waals surface area contributed by atoms with E-state index in [9.17, 15) is 8.42 Å². The summed E-state index contributed by atoms with van der Waals surface area (Å²) in [4.78, 5) is 0. The van der Waals surface area contributed by atoms with Crippen LogP contribution in [0.3, 0.4) is 0 Å². The summed E-state index contributed by atoms with van der Waals surface area (Å²) in [7, 11) is -3.47. The highest BCUT2D eigenvalue weighted by molar-refractivity contribution is 7.89. The molecule has 0 amide bonds. The molecule has 5 nitrogen and oxygen atoms in total. The van der Waals surface area contributed by atoms with Gasteiger partial charge in [-0.15, -0.1) is 0 Å². The summed E-state index contributed by atoms with van der Waals surface area (Å²) >= 11 is 0. The third-order valence-electron chi connectivity index (χ3n) is 3.83. The van der Waals surface area contributed by atoms with E-state index in [2.05, 4.69) is 26.1 Å². The van der Waals surface area contributed by atoms with Crippen molar-refractivity contribution in [2.75, 3.05) is 19.6 Å². The number of hydrogen-bond donors (Lipinski definition) is 1. The zero-order valence-corrected chi connectivity index (χ0v) is 13.9. The lowest BCUT2D eigenvalue weighted by molar-refractivity contribution is 0.279. The maximum atomic E-state index is 12.5. The monoisotopic (exact) mass is 314 g/mol. The summed E-state index contributed by atoms with van der Waals surface area (Å²) in [6.45, 7) is 9.04. The molecule has 0 unspecified atom stereocenters. The molecule has 0 atom stereocenters. The van der Waals surface area contributed by atoms with Crippen LogP contribution in [0.1, 0.15) is 39.4 Å². The van der Waals surface area contributed by atoms with E-state index in [1.807, 2.05) is 0 Å². The van der Waals surface area contributed by atoms with Gasteiger partial charge in [0.1, 0.15) is 5.76 Å². The number of sulfonamides is 1. The molecule has 1 aromatic heterocycles. The van der Waals surface area contributed by atoms with Crippen molar-refractivity contribution in [2.45, 2.75) is 45.2 Å². The van der Waals surface area contributed by atoms with Crippen LogP contribution in [0, 0.1) is 11.8 Å². The standard InChI is InChI=1S/C15H26N2O3S/c1-12(2)10-16-11-14-4-5-15(20-14)21(18,19)17-8-6-13(3)7-9-17/h4-5,12-13,16H,6-11H2,1-3H3. The number of nitrogens with one attached hydrogen (secondary N) is 1. The molecule has 0 bridgehead atoms. The van der Waals surface area contributed by atoms with Gasteiger partial charge in [0.25, 0.3) is 10.0 Å². The average molecular weight is 314 g/mol. The maximum absolute atomic E-state index is 12.5. The summed E-state index contributed by atoms with van der Waals surface area (Å²) in [6.07, 6.45) is 1.84. The fourth-order valence-corrected chi connectivity index (χ4v) is 3.83. The van der Waals surface area contributed by atoms with E-state index < -0.39 is 10.0 Å². The van der Waals surface area contributed by atoms with Gasteiger partial charge in [0.05, 0.1) is 6.54 Å². The van der Waals surface area contributed by atoms with Crippen LogP contribution in [0.5, 0.6) is 0 Å². The van der Waals surface area contributed by atoms with E-state index in [-0.39, 0.29) is 5.09 Å². The van der Waals surface area contributed by atoms with E-state index >= 15 is 0 Å². The van der Waals surface area contributed by atoms with Crippen LogP contribution in [-0.2, 0) is 16.6 Å². The molecule has 21 heavy (non-hydrogen) atoms. The van der Waals surface area contributed by atoms with Crippen molar-refractivity contribution < 1.29 is 12.8 Å². The first-order valence-electron chi connectivity index (χ1n) is 7.69. The van der Waals surface area contributed by atoms with Crippen LogP contribution >= 0.6 is 0 Å². The van der Waals surface area contributed by atoms with Crippen LogP contribution < -0.4 is 5.32 Å². The molecule has 2 rings (SSSR count). The van der Waals surface area contributed by atoms with Crippen LogP contribution in [-0.4, -0.2) is 32.4 Å². The summed E-state index contributed by atoms with van der Waals surface area (Å²) < 4.78 is 32.1. The quantitative estimate of drug-likeness (QED) is 0.876. The van der Waals surface area contributed by atoms with Crippen molar-refractivity contribution >= 4 is 10.0 Å². The van der Waals surface area contributed by atoms with Gasteiger partial charge >= 0.3 is 0 Å². The molecule has 2 heterocycles. The first-order valence-corrected chi connectivity index (χ1v) is 9.13. The van der Waals surface area contributed by atoms with E-state index in [0.717, 1.165) is 19.4 Å². The second-order valence-corrected chi connectivity index (χ2v) is 8.20. The van der Waals surface area contributed by atoms with E-state index in [4.69, 9.17) is 4.42 Å². The minimum atomic E-state index is -3.47. The Kier molecular flexibility index (Phi) is 5.46. The fraction of sp³-hybridized carbons (Fsp3) is 0.733. The van der Waals surface area contributed by atoms with Gasteiger partial charge in [0.15, 0.2) is 0 Å². The predicted molar refractivity (Wildman–Crippen MR) is 82.4 cm³/mol. The molecule has 1 aliphatic rings. The van der Waals surface area contributed by atoms with E-state index in [1.165, 1.54) is 4.31 Å². The molecule has 1 saturated heterocycles. The largest absolute Gasteiger partial charge is 0.447 e. The fourth-order valence-electron chi connectivity index (χ4n) is 2.43. The Hall–Kier alpha value is -0.850. The second-order valence-electron chi connectivity index (χ2n) is 6.33. The Balaban J connectivity index is 1.99. The molecule has 1 N–H and O–H groups in total. The summed E-state index contributed by atoms with van der Waals surface area (Å²) in [5.74, 6) is 1.82. The molecular formula is C15H26N2O3S. The Bertz CT molecular complexity index is 543.